The van der Waals surface area contributed by atoms with Crippen LogP contribution in [0.2, 0.25) is 0 Å². The zero-order chi connectivity index (χ0) is 20.3. The predicted molar refractivity (Wildman–Crippen MR) is 115 cm³/mol. The summed E-state index contributed by atoms with van der Waals surface area (Å²) in [6.45, 7) is 6.69. The lowest BCUT2D eigenvalue weighted by atomic mass is 9.90. The van der Waals surface area contributed by atoms with Gasteiger partial charge in [0.1, 0.15) is 0 Å². The Morgan fingerprint density at radius 3 is 2.70 bits per heavy atom. The molecule has 0 saturated carbocycles. The first-order valence-electron chi connectivity index (χ1n) is 11.5. The summed E-state index contributed by atoms with van der Waals surface area (Å²) in [5.74, 6) is 1.59. The maximum atomic E-state index is 12.9. The fourth-order valence-electron chi connectivity index (χ4n) is 5.34. The van der Waals surface area contributed by atoms with Gasteiger partial charge >= 0.3 is 0 Å². The first-order chi connectivity index (χ1) is 14.7. The number of aromatic nitrogens is 1. The van der Waals surface area contributed by atoms with Gasteiger partial charge in [-0.05, 0) is 63.2 Å². The van der Waals surface area contributed by atoms with Crippen molar-refractivity contribution < 1.29 is 9.32 Å². The van der Waals surface area contributed by atoms with E-state index in [0.717, 1.165) is 50.9 Å². The highest BCUT2D eigenvalue weighted by molar-refractivity contribution is 5.92. The molecule has 4 heterocycles. The first kappa shape index (κ1) is 19.8. The Morgan fingerprint density at radius 2 is 1.87 bits per heavy atom. The van der Waals surface area contributed by atoms with Gasteiger partial charge in [0.05, 0.1) is 6.54 Å². The van der Waals surface area contributed by atoms with Gasteiger partial charge in [0.25, 0.3) is 5.91 Å². The maximum Gasteiger partial charge on any atom is 0.276 e. The largest absolute Gasteiger partial charge is 0.359 e. The van der Waals surface area contributed by atoms with Crippen LogP contribution in [0.3, 0.4) is 0 Å². The second-order valence-electron chi connectivity index (χ2n) is 9.17. The van der Waals surface area contributed by atoms with Crippen LogP contribution in [0.4, 0.5) is 0 Å². The molecule has 6 heteroatoms. The topological polar surface area (TPSA) is 52.8 Å². The quantitative estimate of drug-likeness (QED) is 0.761. The number of piperidine rings is 1. The summed E-state index contributed by atoms with van der Waals surface area (Å²) in [7, 11) is 0. The van der Waals surface area contributed by atoms with E-state index in [0.29, 0.717) is 11.7 Å². The van der Waals surface area contributed by atoms with Crippen molar-refractivity contribution >= 4 is 5.91 Å². The lowest BCUT2D eigenvalue weighted by Crippen LogP contribution is -2.52. The van der Waals surface area contributed by atoms with Crippen LogP contribution in [0, 0.1) is 5.92 Å². The Kier molecular flexibility index (Phi) is 5.86. The average molecular weight is 409 g/mol. The number of likely N-dealkylation sites (tertiary alicyclic amines) is 1. The maximum absolute atomic E-state index is 12.9. The van der Waals surface area contributed by atoms with Crippen LogP contribution < -0.4 is 0 Å². The molecule has 1 aromatic carbocycles. The Morgan fingerprint density at radius 1 is 1.03 bits per heavy atom. The van der Waals surface area contributed by atoms with Crippen molar-refractivity contribution in [2.24, 2.45) is 5.92 Å². The molecule has 3 aliphatic rings. The zero-order valence-corrected chi connectivity index (χ0v) is 17.7. The predicted octanol–water partition coefficient (Wildman–Crippen LogP) is 3.05. The molecule has 30 heavy (non-hydrogen) atoms. The average Bonchev–Trinajstić information content (AvgIpc) is 3.44. The molecule has 0 spiro atoms. The Labute approximate surface area is 178 Å². The fraction of sp³-hybridized carbons (Fsp3) is 0.583. The van der Waals surface area contributed by atoms with Gasteiger partial charge in [-0.2, -0.15) is 0 Å². The molecule has 0 unspecified atom stereocenters. The number of hydrogen-bond acceptors (Lipinski definition) is 5. The molecule has 0 N–H and O–H groups in total. The summed E-state index contributed by atoms with van der Waals surface area (Å²) in [5, 5.41) is 4.11. The minimum Gasteiger partial charge on any atom is -0.359 e. The molecule has 0 bridgehead atoms. The number of amides is 1. The van der Waals surface area contributed by atoms with E-state index >= 15 is 0 Å². The highest BCUT2D eigenvalue weighted by Gasteiger charge is 2.33. The number of hydrogen-bond donors (Lipinski definition) is 0. The van der Waals surface area contributed by atoms with Crippen molar-refractivity contribution in [3.05, 3.63) is 53.4 Å². The molecular weight excluding hydrogens is 376 g/mol. The highest BCUT2D eigenvalue weighted by atomic mass is 16.5. The van der Waals surface area contributed by atoms with Crippen molar-refractivity contribution in [2.75, 3.05) is 39.3 Å². The third kappa shape index (κ3) is 4.44. The molecule has 160 valence electrons. The number of carbonyl (C=O) groups excluding carboxylic acids is 1. The molecule has 5 rings (SSSR count). The van der Waals surface area contributed by atoms with Crippen molar-refractivity contribution in [3.63, 3.8) is 0 Å². The molecule has 3 fully saturated rings. The smallest absolute Gasteiger partial charge is 0.276 e. The molecule has 0 aliphatic carbocycles. The third-order valence-corrected chi connectivity index (χ3v) is 7.11. The number of fused-ring (bicyclic) bond motifs is 1. The molecule has 6 nitrogen and oxygen atoms in total. The van der Waals surface area contributed by atoms with E-state index in [9.17, 15) is 4.79 Å². The van der Waals surface area contributed by atoms with Crippen molar-refractivity contribution in [3.8, 4) is 0 Å². The van der Waals surface area contributed by atoms with Crippen LogP contribution in [0.1, 0.15) is 47.5 Å². The number of nitrogens with zero attached hydrogens (tertiary/aromatic N) is 4. The molecule has 1 atom stereocenters. The van der Waals surface area contributed by atoms with Gasteiger partial charge < -0.3 is 9.42 Å². The lowest BCUT2D eigenvalue weighted by molar-refractivity contribution is 0.0561. The first-order valence-corrected chi connectivity index (χ1v) is 11.5. The van der Waals surface area contributed by atoms with Gasteiger partial charge in [-0.15, -0.1) is 0 Å². The van der Waals surface area contributed by atoms with Crippen LogP contribution in [-0.4, -0.2) is 71.1 Å². The number of rotatable bonds is 5. The Bertz CT molecular complexity index is 844. The monoisotopic (exact) mass is 408 g/mol. The van der Waals surface area contributed by atoms with Gasteiger partial charge in [0.2, 0.25) is 0 Å². The third-order valence-electron chi connectivity index (χ3n) is 7.11. The van der Waals surface area contributed by atoms with Crippen molar-refractivity contribution in [1.82, 2.24) is 19.9 Å². The van der Waals surface area contributed by atoms with Crippen LogP contribution in [0.15, 0.2) is 40.9 Å². The van der Waals surface area contributed by atoms with Crippen LogP contribution >= 0.6 is 0 Å². The van der Waals surface area contributed by atoms with Gasteiger partial charge in [0, 0.05) is 31.7 Å². The van der Waals surface area contributed by atoms with E-state index in [2.05, 4.69) is 45.3 Å². The summed E-state index contributed by atoms with van der Waals surface area (Å²) in [5.41, 5.74) is 1.91. The molecule has 3 aliphatic heterocycles. The van der Waals surface area contributed by atoms with E-state index in [1.54, 1.807) is 0 Å². The van der Waals surface area contributed by atoms with E-state index in [1.807, 2.05) is 11.0 Å². The summed E-state index contributed by atoms with van der Waals surface area (Å²) < 4.78 is 5.54. The van der Waals surface area contributed by atoms with Crippen LogP contribution in [0.25, 0.3) is 0 Å². The number of carbonyl (C=O) groups is 1. The van der Waals surface area contributed by atoms with Gasteiger partial charge in [-0.25, -0.2) is 0 Å². The SMILES string of the molecule is O=C(c1cc(CN2CCC(Cc3ccccc3)CC2)on1)N1CCN2CCC[C@H]2C1. The minimum atomic E-state index is 0.0260. The Hall–Kier alpha value is -2.18. The summed E-state index contributed by atoms with van der Waals surface area (Å²) in [6.07, 6.45) is 6.04. The fourth-order valence-corrected chi connectivity index (χ4v) is 5.34. The van der Waals surface area contributed by atoms with Crippen LogP contribution in [0.5, 0.6) is 0 Å². The molecule has 0 radical (unpaired) electrons. The molecule has 3 saturated heterocycles. The van der Waals surface area contributed by atoms with E-state index in [-0.39, 0.29) is 5.91 Å². The van der Waals surface area contributed by atoms with E-state index < -0.39 is 0 Å². The lowest BCUT2D eigenvalue weighted by Gasteiger charge is -2.37. The summed E-state index contributed by atoms with van der Waals surface area (Å²) in [6, 6.07) is 13.2. The normalized spacial score (nSPS) is 23.6. The van der Waals surface area contributed by atoms with Crippen LogP contribution in [-0.2, 0) is 13.0 Å². The van der Waals surface area contributed by atoms with Gasteiger partial charge in [-0.1, -0.05) is 35.5 Å². The molecular formula is C24H32N4O2. The van der Waals surface area contributed by atoms with Crippen molar-refractivity contribution in [2.45, 2.75) is 44.7 Å². The standard InChI is InChI=1S/C24H32N4O2/c29-24(28-14-13-27-10-4-7-21(27)17-28)23-16-22(30-25-23)18-26-11-8-20(9-12-26)15-19-5-2-1-3-6-19/h1-3,5-6,16,20-21H,4,7-15,17-18H2/t21-/m0/s1. The van der Waals surface area contributed by atoms with Gasteiger partial charge in [0.15, 0.2) is 11.5 Å². The molecule has 1 amide bonds. The summed E-state index contributed by atoms with van der Waals surface area (Å²) in [4.78, 5) is 19.8. The Balaban J connectivity index is 1.11. The van der Waals surface area contributed by atoms with Gasteiger partial charge in [-0.3, -0.25) is 14.6 Å². The van der Waals surface area contributed by atoms with E-state index in [4.69, 9.17) is 4.52 Å². The molecule has 1 aromatic heterocycles. The second-order valence-corrected chi connectivity index (χ2v) is 9.17. The summed E-state index contributed by atoms with van der Waals surface area (Å²) >= 11 is 0. The number of benzene rings is 1. The molecule has 2 aromatic rings. The minimum absolute atomic E-state index is 0.0260. The van der Waals surface area contributed by atoms with Crippen molar-refractivity contribution in [1.29, 1.82) is 0 Å². The second kappa shape index (κ2) is 8.90. The highest BCUT2D eigenvalue weighted by Crippen LogP contribution is 2.24. The van der Waals surface area contributed by atoms with E-state index in [1.165, 1.54) is 44.2 Å². The zero-order valence-electron chi connectivity index (χ0n) is 17.7. The number of piperazine rings is 1.